The summed E-state index contributed by atoms with van der Waals surface area (Å²) in [5.41, 5.74) is 1.27. The Morgan fingerprint density at radius 3 is 3.14 bits per heavy atom. The van der Waals surface area contributed by atoms with Gasteiger partial charge in [0, 0.05) is 5.70 Å². The highest BCUT2D eigenvalue weighted by atomic mass is 16.5. The fourth-order valence-corrected chi connectivity index (χ4v) is 1.25. The van der Waals surface area contributed by atoms with E-state index in [4.69, 9.17) is 4.74 Å². The fraction of sp³-hybridized carbons (Fsp3) is 0.400. The quantitative estimate of drug-likeness (QED) is 0.535. The Labute approximate surface area is 82.6 Å². The molecule has 0 heterocycles. The first kappa shape index (κ1) is 10.5. The van der Waals surface area contributed by atoms with Crippen LogP contribution in [0, 0.1) is 0 Å². The number of allylic oxidation sites excluding steroid dienone is 2. The average Bonchev–Trinajstić information content (AvgIpc) is 2.19. The Balaban J connectivity index is 2.65. The van der Waals surface area contributed by atoms with Crippen molar-refractivity contribution in [2.24, 2.45) is 0 Å². The van der Waals surface area contributed by atoms with Crippen LogP contribution in [0.2, 0.25) is 0 Å². The third-order valence-electron chi connectivity index (χ3n) is 1.86. The first-order valence-electron chi connectivity index (χ1n) is 4.56. The molecule has 0 aliphatic heterocycles. The van der Waals surface area contributed by atoms with Gasteiger partial charge < -0.3 is 10.1 Å². The van der Waals surface area contributed by atoms with E-state index in [0.29, 0.717) is 18.6 Å². The van der Waals surface area contributed by atoms with Gasteiger partial charge in [0.15, 0.2) is 0 Å². The minimum atomic E-state index is -0.336. The number of carbonyl (C=O) groups excluding carboxylic acids is 2. The second-order valence-corrected chi connectivity index (χ2v) is 2.85. The molecule has 0 saturated carbocycles. The zero-order valence-electron chi connectivity index (χ0n) is 8.08. The van der Waals surface area contributed by atoms with E-state index in [0.717, 1.165) is 18.5 Å². The first-order chi connectivity index (χ1) is 6.77. The van der Waals surface area contributed by atoms with Gasteiger partial charge in [0.1, 0.15) is 0 Å². The Bertz CT molecular complexity index is 292. The number of nitrogens with one attached hydrogen (secondary N) is 1. The lowest BCUT2D eigenvalue weighted by Gasteiger charge is -2.11. The monoisotopic (exact) mass is 195 g/mol. The van der Waals surface area contributed by atoms with Crippen LogP contribution in [0.4, 0.5) is 0 Å². The summed E-state index contributed by atoms with van der Waals surface area (Å²) in [5.74, 6) is -0.336. The Kier molecular flexibility index (Phi) is 3.91. The van der Waals surface area contributed by atoms with Gasteiger partial charge in [0.05, 0.1) is 12.2 Å². The van der Waals surface area contributed by atoms with E-state index >= 15 is 0 Å². The van der Waals surface area contributed by atoms with Crippen LogP contribution in [0.3, 0.4) is 0 Å². The summed E-state index contributed by atoms with van der Waals surface area (Å²) in [6.45, 7) is 2.12. The molecule has 0 spiro atoms. The molecule has 0 aromatic carbocycles. The van der Waals surface area contributed by atoms with E-state index in [9.17, 15) is 9.59 Å². The van der Waals surface area contributed by atoms with Crippen LogP contribution in [0.5, 0.6) is 0 Å². The van der Waals surface area contributed by atoms with Gasteiger partial charge in [-0.3, -0.25) is 4.79 Å². The molecule has 76 valence electrons. The van der Waals surface area contributed by atoms with Crippen molar-refractivity contribution in [3.63, 3.8) is 0 Å². The zero-order chi connectivity index (χ0) is 10.4. The Morgan fingerprint density at radius 2 is 2.50 bits per heavy atom. The molecule has 0 saturated heterocycles. The van der Waals surface area contributed by atoms with Gasteiger partial charge in [-0.2, -0.15) is 0 Å². The zero-order valence-corrected chi connectivity index (χ0v) is 8.08. The summed E-state index contributed by atoms with van der Waals surface area (Å²) in [6, 6.07) is 0. The number of rotatable bonds is 4. The predicted molar refractivity (Wildman–Crippen MR) is 51.2 cm³/mol. The highest BCUT2D eigenvalue weighted by molar-refractivity contribution is 5.92. The first-order valence-corrected chi connectivity index (χ1v) is 4.56. The Hall–Kier alpha value is -1.58. The summed E-state index contributed by atoms with van der Waals surface area (Å²) in [5, 5.41) is 2.54. The second-order valence-electron chi connectivity index (χ2n) is 2.85. The molecule has 1 rings (SSSR count). The van der Waals surface area contributed by atoms with E-state index in [-0.39, 0.29) is 5.97 Å². The normalized spacial score (nSPS) is 15.2. The number of amides is 1. The van der Waals surface area contributed by atoms with Crippen molar-refractivity contribution < 1.29 is 14.3 Å². The molecule has 1 amide bonds. The second kappa shape index (κ2) is 5.21. The van der Waals surface area contributed by atoms with Gasteiger partial charge in [-0.1, -0.05) is 6.08 Å². The Morgan fingerprint density at radius 1 is 1.71 bits per heavy atom. The number of esters is 1. The van der Waals surface area contributed by atoms with Crippen molar-refractivity contribution in [3.8, 4) is 0 Å². The summed E-state index contributed by atoms with van der Waals surface area (Å²) < 4.78 is 4.84. The SMILES string of the molecule is CCOC(=O)C1=CCCC(NC=O)=C1. The summed E-state index contributed by atoms with van der Waals surface area (Å²) in [6.07, 6.45) is 5.58. The lowest BCUT2D eigenvalue weighted by molar-refractivity contribution is -0.138. The molecule has 1 aliphatic rings. The minimum Gasteiger partial charge on any atom is -0.462 e. The number of ether oxygens (including phenoxy) is 1. The molecule has 0 unspecified atom stereocenters. The van der Waals surface area contributed by atoms with Crippen molar-refractivity contribution in [2.75, 3.05) is 6.61 Å². The third kappa shape index (κ3) is 2.73. The van der Waals surface area contributed by atoms with Crippen LogP contribution in [0.1, 0.15) is 19.8 Å². The molecule has 0 aromatic rings. The summed E-state index contributed by atoms with van der Waals surface area (Å²) >= 11 is 0. The van der Waals surface area contributed by atoms with E-state index in [1.165, 1.54) is 0 Å². The van der Waals surface area contributed by atoms with Crippen LogP contribution in [0.15, 0.2) is 23.4 Å². The average molecular weight is 195 g/mol. The highest BCUT2D eigenvalue weighted by Gasteiger charge is 2.12. The highest BCUT2D eigenvalue weighted by Crippen LogP contribution is 2.15. The molecule has 14 heavy (non-hydrogen) atoms. The minimum absolute atomic E-state index is 0.336. The molecule has 0 bridgehead atoms. The van der Waals surface area contributed by atoms with Gasteiger partial charge in [-0.25, -0.2) is 4.79 Å². The molecule has 0 radical (unpaired) electrons. The maximum Gasteiger partial charge on any atom is 0.337 e. The molecule has 1 aliphatic carbocycles. The van der Waals surface area contributed by atoms with E-state index in [2.05, 4.69) is 5.32 Å². The predicted octanol–water partition coefficient (Wildman–Crippen LogP) is 0.900. The summed E-state index contributed by atoms with van der Waals surface area (Å²) in [7, 11) is 0. The third-order valence-corrected chi connectivity index (χ3v) is 1.86. The van der Waals surface area contributed by atoms with E-state index in [1.807, 2.05) is 6.08 Å². The maximum absolute atomic E-state index is 11.3. The number of hydrogen-bond acceptors (Lipinski definition) is 3. The van der Waals surface area contributed by atoms with Crippen molar-refractivity contribution in [2.45, 2.75) is 19.8 Å². The fourth-order valence-electron chi connectivity index (χ4n) is 1.25. The van der Waals surface area contributed by atoms with Crippen molar-refractivity contribution >= 4 is 12.4 Å². The van der Waals surface area contributed by atoms with Crippen LogP contribution in [-0.2, 0) is 14.3 Å². The molecule has 0 fully saturated rings. The van der Waals surface area contributed by atoms with E-state index < -0.39 is 0 Å². The molecule has 0 aromatic heterocycles. The molecular weight excluding hydrogens is 182 g/mol. The number of hydrogen-bond donors (Lipinski definition) is 1. The standard InChI is InChI=1S/C10H13NO3/c1-2-14-10(13)8-4-3-5-9(6-8)11-7-12/h4,6-7H,2-3,5H2,1H3,(H,11,12). The van der Waals surface area contributed by atoms with Gasteiger partial charge >= 0.3 is 5.97 Å². The van der Waals surface area contributed by atoms with Crippen LogP contribution < -0.4 is 5.32 Å². The van der Waals surface area contributed by atoms with Crippen molar-refractivity contribution in [3.05, 3.63) is 23.4 Å². The molecule has 4 heteroatoms. The molecule has 0 atom stereocenters. The van der Waals surface area contributed by atoms with Crippen LogP contribution >= 0.6 is 0 Å². The molecule has 4 nitrogen and oxygen atoms in total. The summed E-state index contributed by atoms with van der Waals surface area (Å²) in [4.78, 5) is 21.5. The number of carbonyl (C=O) groups is 2. The van der Waals surface area contributed by atoms with Gasteiger partial charge in [0.2, 0.25) is 6.41 Å². The topological polar surface area (TPSA) is 55.4 Å². The van der Waals surface area contributed by atoms with Gasteiger partial charge in [-0.15, -0.1) is 0 Å². The van der Waals surface area contributed by atoms with Gasteiger partial charge in [0.25, 0.3) is 0 Å². The lowest BCUT2D eigenvalue weighted by atomic mass is 10.0. The van der Waals surface area contributed by atoms with Crippen LogP contribution in [-0.4, -0.2) is 19.0 Å². The molecule has 1 N–H and O–H groups in total. The lowest BCUT2D eigenvalue weighted by Crippen LogP contribution is -2.15. The van der Waals surface area contributed by atoms with E-state index in [1.54, 1.807) is 13.0 Å². The van der Waals surface area contributed by atoms with Crippen LogP contribution in [0.25, 0.3) is 0 Å². The largest absolute Gasteiger partial charge is 0.462 e. The van der Waals surface area contributed by atoms with Gasteiger partial charge in [-0.05, 0) is 25.8 Å². The maximum atomic E-state index is 11.3. The molecular formula is C10H13NO3. The smallest absolute Gasteiger partial charge is 0.337 e. The van der Waals surface area contributed by atoms with Crippen molar-refractivity contribution in [1.29, 1.82) is 0 Å². The van der Waals surface area contributed by atoms with Crippen molar-refractivity contribution in [1.82, 2.24) is 5.32 Å².